The van der Waals surface area contributed by atoms with Crippen LogP contribution in [-0.4, -0.2) is 43.4 Å². The highest BCUT2D eigenvalue weighted by Crippen LogP contribution is 2.32. The van der Waals surface area contributed by atoms with Gasteiger partial charge in [-0.1, -0.05) is 71.7 Å². The summed E-state index contributed by atoms with van der Waals surface area (Å²) < 4.78 is 17.8. The van der Waals surface area contributed by atoms with Gasteiger partial charge in [0.1, 0.15) is 11.8 Å². The Morgan fingerprint density at radius 1 is 0.919 bits per heavy atom. The Balaban J connectivity index is 1.28. The fraction of sp³-hybridized carbons (Fsp3) is 0.345. The van der Waals surface area contributed by atoms with Gasteiger partial charge < -0.3 is 29.0 Å². The van der Waals surface area contributed by atoms with E-state index in [0.717, 1.165) is 28.9 Å². The number of piperidine rings is 1. The average molecular weight is 543 g/mol. The van der Waals surface area contributed by atoms with Gasteiger partial charge in [0.15, 0.2) is 0 Å². The Kier molecular flexibility index (Phi) is 10.1. The molecule has 196 valence electrons. The van der Waals surface area contributed by atoms with Crippen LogP contribution < -0.4 is 9.84 Å². The molecule has 2 atom stereocenters. The van der Waals surface area contributed by atoms with E-state index < -0.39 is 6.09 Å². The zero-order valence-electron chi connectivity index (χ0n) is 20.5. The van der Waals surface area contributed by atoms with Gasteiger partial charge in [0.05, 0.1) is 42.6 Å². The van der Waals surface area contributed by atoms with E-state index >= 15 is 0 Å². The van der Waals surface area contributed by atoms with E-state index in [1.807, 2.05) is 60.7 Å². The summed E-state index contributed by atoms with van der Waals surface area (Å²) in [4.78, 5) is 12.8. The fourth-order valence-corrected chi connectivity index (χ4v) is 4.71. The number of halogens is 2. The lowest BCUT2D eigenvalue weighted by atomic mass is 9.87. The lowest BCUT2D eigenvalue weighted by Gasteiger charge is -2.40. The van der Waals surface area contributed by atoms with Gasteiger partial charge in [0, 0.05) is 25.4 Å². The van der Waals surface area contributed by atoms with Crippen LogP contribution in [-0.2, 0) is 22.7 Å². The van der Waals surface area contributed by atoms with Crippen molar-refractivity contribution in [1.82, 2.24) is 4.90 Å². The lowest BCUT2D eigenvalue weighted by Crippen LogP contribution is -2.51. The van der Waals surface area contributed by atoms with E-state index in [4.69, 9.17) is 37.4 Å². The van der Waals surface area contributed by atoms with Crippen LogP contribution in [0.5, 0.6) is 5.75 Å². The summed E-state index contributed by atoms with van der Waals surface area (Å²) in [5.41, 5.74) is 3.11. The first-order valence-electron chi connectivity index (χ1n) is 12.4. The van der Waals surface area contributed by atoms with Crippen molar-refractivity contribution in [1.29, 1.82) is 0 Å². The lowest BCUT2D eigenvalue weighted by molar-refractivity contribution is -0.268. The average Bonchev–Trinajstić information content (AvgIpc) is 2.92. The van der Waals surface area contributed by atoms with Crippen molar-refractivity contribution >= 4 is 29.3 Å². The van der Waals surface area contributed by atoms with Gasteiger partial charge >= 0.3 is 0 Å². The summed E-state index contributed by atoms with van der Waals surface area (Å²) in [5, 5.41) is 12.4. The molecule has 4 rings (SSSR count). The van der Waals surface area contributed by atoms with E-state index in [0.29, 0.717) is 49.4 Å². The number of benzene rings is 3. The minimum Gasteiger partial charge on any atom is -0.530 e. The van der Waals surface area contributed by atoms with E-state index in [1.54, 1.807) is 12.1 Å². The molecule has 0 bridgehead atoms. The topological polar surface area (TPSA) is 71.1 Å². The highest BCUT2D eigenvalue weighted by Gasteiger charge is 2.31. The summed E-state index contributed by atoms with van der Waals surface area (Å²) in [6.45, 7) is 2.73. The molecule has 0 saturated carbocycles. The van der Waals surface area contributed by atoms with Gasteiger partial charge in [-0.05, 0) is 47.4 Å². The molecule has 0 aromatic heterocycles. The van der Waals surface area contributed by atoms with Crippen LogP contribution in [0, 0.1) is 0 Å². The molecule has 1 aliphatic rings. The molecule has 0 spiro atoms. The van der Waals surface area contributed by atoms with Crippen molar-refractivity contribution < 1.29 is 24.1 Å². The van der Waals surface area contributed by atoms with Gasteiger partial charge in [-0.25, -0.2) is 0 Å². The summed E-state index contributed by atoms with van der Waals surface area (Å²) in [6, 6.07) is 23.4. The van der Waals surface area contributed by atoms with E-state index in [9.17, 15) is 9.90 Å². The number of amides is 1. The molecule has 0 aliphatic carbocycles. The number of hydrogen-bond acceptors (Lipinski definition) is 5. The fourth-order valence-electron chi connectivity index (χ4n) is 4.39. The van der Waals surface area contributed by atoms with Crippen LogP contribution in [0.2, 0.25) is 10.0 Å². The monoisotopic (exact) mass is 542 g/mol. The smallest absolute Gasteiger partial charge is 0.137 e. The summed E-state index contributed by atoms with van der Waals surface area (Å²) >= 11 is 12.1. The second kappa shape index (κ2) is 13.7. The molecule has 1 amide bonds. The molecule has 2 unspecified atom stereocenters. The second-order valence-electron chi connectivity index (χ2n) is 9.01. The first-order chi connectivity index (χ1) is 18.0. The highest BCUT2D eigenvalue weighted by molar-refractivity contribution is 6.42. The van der Waals surface area contributed by atoms with Crippen molar-refractivity contribution in [3.05, 3.63) is 99.5 Å². The highest BCUT2D eigenvalue weighted by atomic mass is 35.5. The zero-order valence-corrected chi connectivity index (χ0v) is 22.0. The number of ether oxygens (including phenoxy) is 3. The minimum absolute atomic E-state index is 0.0406. The maximum atomic E-state index is 11.5. The molecule has 1 heterocycles. The summed E-state index contributed by atoms with van der Waals surface area (Å²) in [6.07, 6.45) is -0.0763. The molecular weight excluding hydrogens is 513 g/mol. The number of carbonyl (C=O) groups excluding carboxylic acids is 1. The summed E-state index contributed by atoms with van der Waals surface area (Å²) in [7, 11) is 0. The maximum Gasteiger partial charge on any atom is 0.137 e. The number of carbonyl (C=O) groups is 1. The van der Waals surface area contributed by atoms with Gasteiger partial charge in [-0.2, -0.15) is 0 Å². The number of likely N-dealkylation sites (tertiary alicyclic amines) is 1. The molecule has 1 fully saturated rings. The molecule has 0 N–H and O–H groups in total. The molecule has 3 aromatic carbocycles. The summed E-state index contributed by atoms with van der Waals surface area (Å²) in [5.74, 6) is 0.825. The standard InChI is InChI=1S/C29H31Cl2NO5/c30-26-12-7-22(17-27(26)31)20-37-28-18-32(29(33)34)14-13-25(28)23-8-10-24(11-9-23)36-16-4-15-35-19-21-5-2-1-3-6-21/h1-3,5-12,17,25,28H,4,13-16,18-20H2,(H,33,34)/p-1. The van der Waals surface area contributed by atoms with Gasteiger partial charge in [-0.3, -0.25) is 0 Å². The van der Waals surface area contributed by atoms with Gasteiger partial charge in [0.2, 0.25) is 0 Å². The first kappa shape index (κ1) is 27.3. The third kappa shape index (κ3) is 8.11. The van der Waals surface area contributed by atoms with Crippen molar-refractivity contribution in [2.24, 2.45) is 0 Å². The van der Waals surface area contributed by atoms with Crippen LogP contribution in [0.1, 0.15) is 35.4 Å². The molecule has 1 aliphatic heterocycles. The number of nitrogens with zero attached hydrogens (tertiary/aromatic N) is 1. The number of hydrogen-bond donors (Lipinski definition) is 0. The molecule has 3 aromatic rings. The molecule has 37 heavy (non-hydrogen) atoms. The number of rotatable bonds is 11. The van der Waals surface area contributed by atoms with Crippen LogP contribution >= 0.6 is 23.2 Å². The predicted octanol–water partition coefficient (Wildman–Crippen LogP) is 5.70. The molecule has 1 saturated heterocycles. The minimum atomic E-state index is -1.18. The quantitative estimate of drug-likeness (QED) is 0.291. The van der Waals surface area contributed by atoms with Crippen molar-refractivity contribution in [3.63, 3.8) is 0 Å². The van der Waals surface area contributed by atoms with E-state index in [2.05, 4.69) is 0 Å². The Morgan fingerprint density at radius 3 is 2.43 bits per heavy atom. The van der Waals surface area contributed by atoms with Crippen LogP contribution in [0.15, 0.2) is 72.8 Å². The normalized spacial score (nSPS) is 17.5. The largest absolute Gasteiger partial charge is 0.530 e. The second-order valence-corrected chi connectivity index (χ2v) is 9.83. The predicted molar refractivity (Wildman–Crippen MR) is 142 cm³/mol. The molecule has 6 nitrogen and oxygen atoms in total. The molecule has 8 heteroatoms. The Bertz CT molecular complexity index is 1140. The first-order valence-corrected chi connectivity index (χ1v) is 13.1. The van der Waals surface area contributed by atoms with Crippen LogP contribution in [0.25, 0.3) is 0 Å². The Labute approximate surface area is 227 Å². The van der Waals surface area contributed by atoms with Crippen molar-refractivity contribution in [2.75, 3.05) is 26.3 Å². The number of carboxylic acid groups (broad SMARTS) is 1. The van der Waals surface area contributed by atoms with Crippen LogP contribution in [0.3, 0.4) is 0 Å². The zero-order chi connectivity index (χ0) is 26.0. The third-order valence-corrected chi connectivity index (χ3v) is 7.13. The Morgan fingerprint density at radius 2 is 1.70 bits per heavy atom. The van der Waals surface area contributed by atoms with Crippen LogP contribution in [0.4, 0.5) is 4.79 Å². The maximum absolute atomic E-state index is 11.5. The van der Waals surface area contributed by atoms with Gasteiger partial charge in [0.25, 0.3) is 0 Å². The van der Waals surface area contributed by atoms with Crippen molar-refractivity contribution in [3.8, 4) is 5.75 Å². The molecule has 0 radical (unpaired) electrons. The van der Waals surface area contributed by atoms with E-state index in [-0.39, 0.29) is 18.6 Å². The molecular formula is C29H30Cl2NO5-. The van der Waals surface area contributed by atoms with E-state index in [1.165, 1.54) is 4.90 Å². The van der Waals surface area contributed by atoms with Gasteiger partial charge in [-0.15, -0.1) is 0 Å². The Hall–Kier alpha value is -2.77. The third-order valence-electron chi connectivity index (χ3n) is 6.39. The van der Waals surface area contributed by atoms with Crippen molar-refractivity contribution in [2.45, 2.75) is 38.1 Å². The SMILES string of the molecule is O=C([O-])N1CCC(c2ccc(OCCCOCc3ccccc3)cc2)C(OCc2ccc(Cl)c(Cl)c2)C1.